The van der Waals surface area contributed by atoms with Crippen LogP contribution in [0.2, 0.25) is 5.02 Å². The number of aromatic nitrogens is 3. The van der Waals surface area contributed by atoms with Crippen LogP contribution in [0.15, 0.2) is 79.0 Å². The second kappa shape index (κ2) is 10.6. The molecule has 0 spiro atoms. The van der Waals surface area contributed by atoms with Gasteiger partial charge in [0.15, 0.2) is 0 Å². The number of pyridine rings is 1. The third kappa shape index (κ3) is 5.89. The molecule has 0 aliphatic carbocycles. The molecule has 2 heterocycles. The minimum Gasteiger partial charge on any atom is -0.307 e. The molecular formula is C29H30ClN5O2. The van der Waals surface area contributed by atoms with Crippen LogP contribution < -0.4 is 10.2 Å². The van der Waals surface area contributed by atoms with Gasteiger partial charge < -0.3 is 5.32 Å². The van der Waals surface area contributed by atoms with E-state index in [1.165, 1.54) is 0 Å². The largest absolute Gasteiger partial charge is 0.307 e. The van der Waals surface area contributed by atoms with Crippen molar-refractivity contribution in [3.8, 4) is 5.69 Å². The van der Waals surface area contributed by atoms with Crippen molar-refractivity contribution in [2.45, 2.75) is 39.0 Å². The highest BCUT2D eigenvalue weighted by atomic mass is 35.5. The summed E-state index contributed by atoms with van der Waals surface area (Å²) in [6.45, 7) is 8.07. The fourth-order valence-corrected chi connectivity index (χ4v) is 4.02. The van der Waals surface area contributed by atoms with E-state index in [0.29, 0.717) is 22.2 Å². The van der Waals surface area contributed by atoms with Crippen molar-refractivity contribution in [2.24, 2.45) is 0 Å². The van der Waals surface area contributed by atoms with Crippen molar-refractivity contribution >= 4 is 35.1 Å². The zero-order chi connectivity index (χ0) is 26.7. The van der Waals surface area contributed by atoms with Crippen molar-refractivity contribution in [3.63, 3.8) is 0 Å². The third-order valence-electron chi connectivity index (χ3n) is 6.12. The van der Waals surface area contributed by atoms with Gasteiger partial charge in [-0.3, -0.25) is 14.5 Å². The van der Waals surface area contributed by atoms with Gasteiger partial charge in [0.05, 0.1) is 17.3 Å². The number of carbonyl (C=O) groups excluding carboxylic acids is 2. The highest BCUT2D eigenvalue weighted by Gasteiger charge is 2.27. The van der Waals surface area contributed by atoms with Gasteiger partial charge in [-0.25, -0.2) is 9.67 Å². The summed E-state index contributed by atoms with van der Waals surface area (Å²) in [4.78, 5) is 31.9. The summed E-state index contributed by atoms with van der Waals surface area (Å²) < 4.78 is 1.75. The smallest absolute Gasteiger partial charge is 0.256 e. The van der Waals surface area contributed by atoms with Gasteiger partial charge in [0, 0.05) is 35.3 Å². The summed E-state index contributed by atoms with van der Waals surface area (Å²) in [6, 6.07) is 21.8. The molecule has 0 radical (unpaired) electrons. The maximum absolute atomic E-state index is 13.6. The molecule has 7 nitrogen and oxygen atoms in total. The zero-order valence-corrected chi connectivity index (χ0v) is 22.3. The Bertz CT molecular complexity index is 1410. The molecular weight excluding hydrogens is 486 g/mol. The summed E-state index contributed by atoms with van der Waals surface area (Å²) >= 11 is 6.24. The Hall–Kier alpha value is -3.97. The van der Waals surface area contributed by atoms with Crippen LogP contribution in [0, 0.1) is 0 Å². The summed E-state index contributed by atoms with van der Waals surface area (Å²) in [6.07, 6.45) is 1.62. The zero-order valence-electron chi connectivity index (χ0n) is 21.6. The topological polar surface area (TPSA) is 80.1 Å². The van der Waals surface area contributed by atoms with E-state index in [1.54, 1.807) is 65.3 Å². The van der Waals surface area contributed by atoms with Crippen molar-refractivity contribution in [1.82, 2.24) is 14.8 Å². The first-order valence-electron chi connectivity index (χ1n) is 12.0. The Labute approximate surface area is 222 Å². The lowest BCUT2D eigenvalue weighted by molar-refractivity contribution is -0.119. The molecule has 2 aromatic carbocycles. The van der Waals surface area contributed by atoms with Gasteiger partial charge in [-0.2, -0.15) is 5.10 Å². The Balaban J connectivity index is 1.56. The lowest BCUT2D eigenvalue weighted by atomic mass is 9.92. The molecule has 0 saturated carbocycles. The number of likely N-dealkylation sites (N-methyl/N-ethyl adjacent to an activating group) is 1. The van der Waals surface area contributed by atoms with Crippen molar-refractivity contribution in [1.29, 1.82) is 0 Å². The van der Waals surface area contributed by atoms with E-state index in [4.69, 9.17) is 16.7 Å². The Morgan fingerprint density at radius 2 is 1.73 bits per heavy atom. The number of halogens is 1. The Morgan fingerprint density at radius 3 is 2.35 bits per heavy atom. The van der Waals surface area contributed by atoms with E-state index >= 15 is 0 Å². The predicted octanol–water partition coefficient (Wildman–Crippen LogP) is 6.24. The molecule has 2 aromatic heterocycles. The summed E-state index contributed by atoms with van der Waals surface area (Å²) in [5.74, 6) is 0.223. The maximum atomic E-state index is 13.6. The van der Waals surface area contributed by atoms with Crippen LogP contribution >= 0.6 is 11.6 Å². The van der Waals surface area contributed by atoms with Crippen LogP contribution in [0.1, 0.15) is 55.2 Å². The number of carbonyl (C=O) groups is 2. The van der Waals surface area contributed by atoms with E-state index in [-0.39, 0.29) is 17.2 Å². The minimum atomic E-state index is -0.475. The lowest BCUT2D eigenvalue weighted by Crippen LogP contribution is -2.32. The normalized spacial score (nSPS) is 12.2. The van der Waals surface area contributed by atoms with E-state index in [1.807, 2.05) is 37.3 Å². The van der Waals surface area contributed by atoms with Gasteiger partial charge in [-0.15, -0.1) is 0 Å². The summed E-state index contributed by atoms with van der Waals surface area (Å²) in [5, 5.41) is 8.17. The van der Waals surface area contributed by atoms with E-state index in [0.717, 1.165) is 16.9 Å². The van der Waals surface area contributed by atoms with Crippen molar-refractivity contribution in [2.75, 3.05) is 17.3 Å². The number of hydrogen-bond acceptors (Lipinski definition) is 4. The third-order valence-corrected chi connectivity index (χ3v) is 6.36. The molecule has 4 rings (SSSR count). The molecule has 0 aliphatic rings. The number of benzene rings is 2. The molecule has 0 bridgehead atoms. The maximum Gasteiger partial charge on any atom is 0.256 e. The van der Waals surface area contributed by atoms with Crippen molar-refractivity contribution < 1.29 is 9.59 Å². The lowest BCUT2D eigenvalue weighted by Gasteiger charge is -2.22. The highest BCUT2D eigenvalue weighted by molar-refractivity contribution is 6.30. The first kappa shape index (κ1) is 26.1. The van der Waals surface area contributed by atoms with Crippen LogP contribution in [0.3, 0.4) is 0 Å². The number of nitrogens with one attached hydrogen (secondary N) is 1. The average molecular weight is 516 g/mol. The molecule has 1 unspecified atom stereocenters. The van der Waals surface area contributed by atoms with Gasteiger partial charge in [0.1, 0.15) is 11.6 Å². The monoisotopic (exact) mass is 515 g/mol. The van der Waals surface area contributed by atoms with Crippen LogP contribution in [0.25, 0.3) is 5.69 Å². The van der Waals surface area contributed by atoms with Gasteiger partial charge >= 0.3 is 0 Å². The van der Waals surface area contributed by atoms with Crippen LogP contribution in [-0.4, -0.2) is 33.6 Å². The number of nitrogens with zero attached hydrogens (tertiary/aromatic N) is 4. The molecule has 2 amide bonds. The highest BCUT2D eigenvalue weighted by Crippen LogP contribution is 2.30. The number of hydrogen-bond donors (Lipinski definition) is 1. The average Bonchev–Trinajstić information content (AvgIpc) is 3.35. The molecule has 0 aliphatic heterocycles. The predicted molar refractivity (Wildman–Crippen MR) is 148 cm³/mol. The van der Waals surface area contributed by atoms with Gasteiger partial charge in [-0.1, -0.05) is 62.7 Å². The van der Waals surface area contributed by atoms with Crippen LogP contribution in [0.4, 0.5) is 11.6 Å². The summed E-state index contributed by atoms with van der Waals surface area (Å²) in [7, 11) is 1.74. The SMILES string of the molecule is CC(C(=O)N(C)c1cc(C(C)(C)C)nn1-c1cccc(Cl)c1)c1ccc(NC(=O)c2ccccc2)nc1. The van der Waals surface area contributed by atoms with Gasteiger partial charge in [0.2, 0.25) is 5.91 Å². The molecule has 0 fully saturated rings. The Kier molecular flexibility index (Phi) is 7.45. The molecule has 4 aromatic rings. The quantitative estimate of drug-likeness (QED) is 0.330. The van der Waals surface area contributed by atoms with E-state index in [9.17, 15) is 9.59 Å². The second-order valence-electron chi connectivity index (χ2n) is 9.95. The second-order valence-corrected chi connectivity index (χ2v) is 10.4. The summed E-state index contributed by atoms with van der Waals surface area (Å²) in [5.41, 5.74) is 2.70. The van der Waals surface area contributed by atoms with Crippen LogP contribution in [-0.2, 0) is 10.2 Å². The van der Waals surface area contributed by atoms with E-state index in [2.05, 4.69) is 31.1 Å². The number of anilines is 2. The van der Waals surface area contributed by atoms with Gasteiger partial charge in [-0.05, 0) is 48.9 Å². The van der Waals surface area contributed by atoms with Gasteiger partial charge in [0.25, 0.3) is 5.91 Å². The fourth-order valence-electron chi connectivity index (χ4n) is 3.83. The standard InChI is InChI=1S/C29H30ClN5O2/c1-19(21-14-15-25(31-18-21)32-27(36)20-10-7-6-8-11-20)28(37)34(5)26-17-24(29(2,3)4)33-35(26)23-13-9-12-22(30)16-23/h6-19H,1-5H3,(H,31,32,36). The molecule has 0 saturated heterocycles. The number of rotatable bonds is 6. The van der Waals surface area contributed by atoms with Crippen LogP contribution in [0.5, 0.6) is 0 Å². The van der Waals surface area contributed by atoms with E-state index < -0.39 is 5.92 Å². The molecule has 8 heteroatoms. The first-order chi connectivity index (χ1) is 17.5. The van der Waals surface area contributed by atoms with Crippen molar-refractivity contribution in [3.05, 3.63) is 101 Å². The fraction of sp³-hybridized carbons (Fsp3) is 0.241. The molecule has 37 heavy (non-hydrogen) atoms. The minimum absolute atomic E-state index is 0.119. The molecule has 1 atom stereocenters. The number of amides is 2. The molecule has 190 valence electrons. The first-order valence-corrected chi connectivity index (χ1v) is 12.4. The molecule has 1 N–H and O–H groups in total. The Morgan fingerprint density at radius 1 is 1.00 bits per heavy atom.